The Kier molecular flexibility index (Phi) is 12.4. The smallest absolute Gasteiger partial charge is 1.00 e. The molecule has 3 amide bonds. The molecule has 17 heteroatoms. The third kappa shape index (κ3) is 7.87. The number of aromatic nitrogens is 1. The lowest BCUT2D eigenvalue weighted by atomic mass is 9.98. The molecule has 40 heavy (non-hydrogen) atoms. The van der Waals surface area contributed by atoms with Crippen molar-refractivity contribution in [2.45, 2.75) is 45.5 Å². The Labute approximate surface area is 246 Å². The van der Waals surface area contributed by atoms with Crippen LogP contribution in [0.5, 0.6) is 0 Å². The van der Waals surface area contributed by atoms with Crippen LogP contribution in [0.3, 0.4) is 0 Å². The van der Waals surface area contributed by atoms with Gasteiger partial charge in [0.1, 0.15) is 23.7 Å². The van der Waals surface area contributed by atoms with Crippen molar-refractivity contribution in [1.82, 2.24) is 15.2 Å². The minimum atomic E-state index is -1.06. The van der Waals surface area contributed by atoms with Crippen molar-refractivity contribution in [2.24, 2.45) is 11.1 Å². The molecule has 2 aliphatic rings. The topological polar surface area (TPSA) is 225 Å². The molecule has 222 valence electrons. The van der Waals surface area contributed by atoms with Crippen LogP contribution < -0.4 is 29.2 Å². The van der Waals surface area contributed by atoms with E-state index in [0.717, 1.165) is 4.90 Å². The number of thioether (sulfide) groups is 1. The number of primary amides is 1. The zero-order chi connectivity index (χ0) is 28.2. The number of thiazole rings is 1. The van der Waals surface area contributed by atoms with Crippen molar-refractivity contribution in [3.63, 3.8) is 0 Å². The summed E-state index contributed by atoms with van der Waals surface area (Å²) in [6.07, 6.45) is 1.17. The maximum atomic E-state index is 13.1. The molecule has 1 fully saturated rings. The highest BCUT2D eigenvalue weighted by molar-refractivity contribution is 8.00. The van der Waals surface area contributed by atoms with Gasteiger partial charge in [-0.1, -0.05) is 13.0 Å². The zero-order valence-electron chi connectivity index (χ0n) is 23.1. The number of halogens is 1. The molecule has 2 aliphatic heterocycles. The number of esters is 2. The van der Waals surface area contributed by atoms with Gasteiger partial charge in [-0.3, -0.25) is 19.3 Å². The molecule has 3 rings (SSSR count). The molecule has 0 unspecified atom stereocenters. The molecule has 7 N–H and O–H groups in total. The summed E-state index contributed by atoms with van der Waals surface area (Å²) < 4.78 is 14.9. The van der Waals surface area contributed by atoms with E-state index in [0.29, 0.717) is 17.2 Å². The molecule has 1 aromatic rings. The number of hydrogen-bond donors (Lipinski definition) is 3. The van der Waals surface area contributed by atoms with E-state index in [9.17, 15) is 24.0 Å². The van der Waals surface area contributed by atoms with E-state index in [2.05, 4.69) is 10.3 Å². The van der Waals surface area contributed by atoms with Gasteiger partial charge in [0.05, 0.1) is 16.7 Å². The molecular weight excluding hydrogens is 590 g/mol. The molecule has 0 aliphatic carbocycles. The molecule has 14 nitrogen and oxygen atoms in total. The van der Waals surface area contributed by atoms with Crippen LogP contribution in [-0.4, -0.2) is 75.8 Å². The number of ether oxygens (including phenoxy) is 3. The lowest BCUT2D eigenvalue weighted by Crippen LogP contribution is -3.00. The third-order valence-electron chi connectivity index (χ3n) is 5.36. The summed E-state index contributed by atoms with van der Waals surface area (Å²) in [5.74, 6) is -2.45. The number of nitrogens with one attached hydrogen (secondary N) is 1. The standard InChI is InChI=1S/C23H29N5O8S2.ClH.H2O/c1-5-6-12(13-9-38-21(24)26-13)16(29)27-14-17(30)28-15(11(7-34-22(25)33)8-37-18(14)28)19(31)35-10-36-20(32)23(2,3)4;;/h6,9,14,18H,5,7-8,10H2,1-4H3,(H2,24,26)(H2,25,33)(H,27,29);1H;1H2/b12-6-;;/t14-,18-;;/m1../s1. The van der Waals surface area contributed by atoms with E-state index in [-0.39, 0.29) is 48.5 Å². The van der Waals surface area contributed by atoms with Crippen LogP contribution in [0, 0.1) is 5.41 Å². The van der Waals surface area contributed by atoms with Crippen LogP contribution >= 0.6 is 23.1 Å². The summed E-state index contributed by atoms with van der Waals surface area (Å²) in [7, 11) is 0. The number of amides is 3. The van der Waals surface area contributed by atoms with Gasteiger partial charge in [-0.15, -0.1) is 23.1 Å². The zero-order valence-corrected chi connectivity index (χ0v) is 24.5. The first-order chi connectivity index (χ1) is 17.8. The van der Waals surface area contributed by atoms with E-state index in [1.807, 2.05) is 6.92 Å². The number of fused-ring (bicyclic) bond motifs is 1. The van der Waals surface area contributed by atoms with Crippen LogP contribution in [0.1, 0.15) is 41.2 Å². The normalized spacial score (nSPS) is 18.4. The van der Waals surface area contributed by atoms with Crippen molar-refractivity contribution in [2.75, 3.05) is 24.9 Å². The number of hydrogen-bond acceptors (Lipinski definition) is 12. The lowest BCUT2D eigenvalue weighted by Gasteiger charge is -2.49. The fourth-order valence-electron chi connectivity index (χ4n) is 3.51. The number of carbonyl (C=O) groups is 5. The minimum Gasteiger partial charge on any atom is -1.00 e. The maximum Gasteiger partial charge on any atom is 1.00 e. The molecule has 0 radical (unpaired) electrons. The molecule has 0 spiro atoms. The maximum absolute atomic E-state index is 13.1. The molecule has 3 heterocycles. The van der Waals surface area contributed by atoms with E-state index in [1.54, 1.807) is 32.2 Å². The van der Waals surface area contributed by atoms with Crippen LogP contribution in [-0.2, 0) is 33.4 Å². The highest BCUT2D eigenvalue weighted by atomic mass is 35.5. The minimum absolute atomic E-state index is 0. The van der Waals surface area contributed by atoms with Gasteiger partial charge in [-0.2, -0.15) is 0 Å². The van der Waals surface area contributed by atoms with Crippen molar-refractivity contribution >= 4 is 63.6 Å². The largest absolute Gasteiger partial charge is 1.00 e. The summed E-state index contributed by atoms with van der Waals surface area (Å²) >= 11 is 2.45. The van der Waals surface area contributed by atoms with Crippen LogP contribution in [0.4, 0.5) is 9.93 Å². The molecule has 0 saturated carbocycles. The average molecular weight is 622 g/mol. The molecule has 1 aromatic heterocycles. The SMILES string of the molecule is CC/C=C(\C(=O)N[C@@H]1C(=O)N2C(C(=O)OCOC(=O)C(C)(C)C)=C(COC(N)=O)CS[C@H]12)c1csc(N)n1.O.[Cl-].[H+]. The predicted molar refractivity (Wildman–Crippen MR) is 144 cm³/mol. The summed E-state index contributed by atoms with van der Waals surface area (Å²) in [5, 5.41) is 4.03. The van der Waals surface area contributed by atoms with Gasteiger partial charge in [0.25, 0.3) is 11.8 Å². The number of nitrogens with two attached hydrogens (primary N) is 2. The molecular formula is C23H32ClN5O9S2. The Morgan fingerprint density at radius 3 is 2.48 bits per heavy atom. The molecule has 2 atom stereocenters. The van der Waals surface area contributed by atoms with Crippen molar-refractivity contribution < 1.29 is 57.5 Å². The predicted octanol–water partition coefficient (Wildman–Crippen LogP) is -2.35. The molecule has 0 bridgehead atoms. The van der Waals surface area contributed by atoms with Gasteiger partial charge in [0.2, 0.25) is 6.79 Å². The summed E-state index contributed by atoms with van der Waals surface area (Å²) in [6.45, 7) is 5.74. The van der Waals surface area contributed by atoms with Gasteiger partial charge < -0.3 is 48.9 Å². The Balaban J connectivity index is 0.00000533. The van der Waals surface area contributed by atoms with Crippen molar-refractivity contribution in [1.29, 1.82) is 0 Å². The van der Waals surface area contributed by atoms with Crippen molar-refractivity contribution in [3.8, 4) is 0 Å². The second kappa shape index (κ2) is 14.3. The molecule has 1 saturated heterocycles. The number of anilines is 1. The quantitative estimate of drug-likeness (QED) is 0.114. The third-order valence-corrected chi connectivity index (χ3v) is 7.37. The molecule has 0 aromatic carbocycles. The number of β-lactam (4-membered cyclic amide) rings is 1. The van der Waals surface area contributed by atoms with Gasteiger partial charge >= 0.3 is 19.5 Å². The highest BCUT2D eigenvalue weighted by Gasteiger charge is 2.54. The fraction of sp³-hybridized carbons (Fsp3) is 0.478. The van der Waals surface area contributed by atoms with Gasteiger partial charge in [0, 0.05) is 16.7 Å². The Morgan fingerprint density at radius 2 is 1.93 bits per heavy atom. The van der Waals surface area contributed by atoms with Gasteiger partial charge in [-0.25, -0.2) is 14.6 Å². The second-order valence-corrected chi connectivity index (χ2v) is 11.2. The number of nitrogen functional groups attached to an aromatic ring is 1. The summed E-state index contributed by atoms with van der Waals surface area (Å²) in [5.41, 5.74) is 10.7. The highest BCUT2D eigenvalue weighted by Crippen LogP contribution is 2.41. The summed E-state index contributed by atoms with van der Waals surface area (Å²) in [6, 6.07) is -0.941. The van der Waals surface area contributed by atoms with Crippen LogP contribution in [0.2, 0.25) is 0 Å². The first-order valence-electron chi connectivity index (χ1n) is 11.5. The first kappa shape index (κ1) is 34.7. The van der Waals surface area contributed by atoms with Crippen molar-refractivity contribution in [3.05, 3.63) is 28.4 Å². The van der Waals surface area contributed by atoms with Crippen LogP contribution in [0.25, 0.3) is 5.57 Å². The van der Waals surface area contributed by atoms with Gasteiger partial charge in [-0.05, 0) is 27.2 Å². The number of allylic oxidation sites excluding steroid dienone is 1. The van der Waals surface area contributed by atoms with Crippen LogP contribution in [0.15, 0.2) is 22.7 Å². The lowest BCUT2D eigenvalue weighted by molar-refractivity contribution is -0.173. The van der Waals surface area contributed by atoms with E-state index >= 15 is 0 Å². The fourth-order valence-corrected chi connectivity index (χ4v) is 5.40. The Morgan fingerprint density at radius 1 is 1.25 bits per heavy atom. The number of rotatable bonds is 9. The Hall–Kier alpha value is -3.34. The van der Waals surface area contributed by atoms with E-state index < -0.39 is 53.5 Å². The van der Waals surface area contributed by atoms with Gasteiger partial charge in [0.15, 0.2) is 5.13 Å². The average Bonchev–Trinajstić information content (AvgIpc) is 3.28. The Bertz CT molecular complexity index is 1220. The second-order valence-electron chi connectivity index (χ2n) is 9.25. The summed E-state index contributed by atoms with van der Waals surface area (Å²) in [4.78, 5) is 67.6. The number of carbonyl (C=O) groups excluding carboxylic acids is 5. The van der Waals surface area contributed by atoms with E-state index in [4.69, 9.17) is 25.7 Å². The number of nitrogens with zero attached hydrogens (tertiary/aromatic N) is 2. The monoisotopic (exact) mass is 621 g/mol. The van der Waals surface area contributed by atoms with E-state index in [1.165, 1.54) is 23.1 Å². The first-order valence-corrected chi connectivity index (χ1v) is 13.4.